The lowest BCUT2D eigenvalue weighted by Gasteiger charge is -2.36. The van der Waals surface area contributed by atoms with E-state index >= 15 is 0 Å². The van der Waals surface area contributed by atoms with Gasteiger partial charge in [0, 0.05) is 63.2 Å². The van der Waals surface area contributed by atoms with Crippen LogP contribution in [0, 0.1) is 0 Å². The van der Waals surface area contributed by atoms with E-state index in [0.29, 0.717) is 6.54 Å². The number of rotatable bonds is 8. The van der Waals surface area contributed by atoms with Gasteiger partial charge in [0.2, 0.25) is 0 Å². The molecule has 0 atom stereocenters. The van der Waals surface area contributed by atoms with E-state index in [1.165, 1.54) is 5.69 Å². The summed E-state index contributed by atoms with van der Waals surface area (Å²) in [6.45, 7) is 9.82. The standard InChI is InChI=1S/C21H32ClN7.HI/c1-3-23-21(25-17-20-8-10-26-27(20)2)24-9-5-11-28-12-14-29(15-13-28)19-7-4-6-18(22)16-19;/h4,6-8,10,16H,3,5,9,11-15,17H2,1-2H3,(H2,23,24,25);1H. The predicted molar refractivity (Wildman–Crippen MR) is 136 cm³/mol. The van der Waals surface area contributed by atoms with E-state index in [2.05, 4.69) is 43.5 Å². The molecule has 0 unspecified atom stereocenters. The Morgan fingerprint density at radius 2 is 1.97 bits per heavy atom. The van der Waals surface area contributed by atoms with E-state index in [0.717, 1.165) is 68.9 Å². The molecule has 166 valence electrons. The average molecular weight is 546 g/mol. The monoisotopic (exact) mass is 545 g/mol. The van der Waals surface area contributed by atoms with Crippen LogP contribution in [-0.2, 0) is 13.6 Å². The molecule has 1 aliphatic rings. The predicted octanol–water partition coefficient (Wildman–Crippen LogP) is 2.96. The van der Waals surface area contributed by atoms with E-state index in [1.807, 2.05) is 36.0 Å². The molecule has 1 fully saturated rings. The van der Waals surface area contributed by atoms with Crippen LogP contribution in [0.4, 0.5) is 5.69 Å². The van der Waals surface area contributed by atoms with Crippen LogP contribution in [0.3, 0.4) is 0 Å². The fourth-order valence-electron chi connectivity index (χ4n) is 3.47. The second-order valence-electron chi connectivity index (χ2n) is 7.23. The fraction of sp³-hybridized carbons (Fsp3) is 0.524. The number of hydrogen-bond acceptors (Lipinski definition) is 4. The molecule has 0 radical (unpaired) electrons. The van der Waals surface area contributed by atoms with Crippen molar-refractivity contribution < 1.29 is 0 Å². The first kappa shape index (κ1) is 24.7. The maximum atomic E-state index is 6.12. The van der Waals surface area contributed by atoms with Crippen LogP contribution in [-0.4, -0.2) is 66.5 Å². The molecule has 0 aliphatic carbocycles. The van der Waals surface area contributed by atoms with Crippen LogP contribution in [0.1, 0.15) is 19.0 Å². The SMILES string of the molecule is CCNC(=NCc1ccnn1C)NCCCN1CCN(c2cccc(Cl)c2)CC1.I. The Hall–Kier alpha value is -1.52. The van der Waals surface area contributed by atoms with Crippen LogP contribution in [0.2, 0.25) is 5.02 Å². The summed E-state index contributed by atoms with van der Waals surface area (Å²) in [4.78, 5) is 9.60. The maximum Gasteiger partial charge on any atom is 0.191 e. The lowest BCUT2D eigenvalue weighted by molar-refractivity contribution is 0.255. The van der Waals surface area contributed by atoms with Crippen LogP contribution in [0.5, 0.6) is 0 Å². The highest BCUT2D eigenvalue weighted by molar-refractivity contribution is 14.0. The molecule has 7 nitrogen and oxygen atoms in total. The smallest absolute Gasteiger partial charge is 0.191 e. The van der Waals surface area contributed by atoms with Gasteiger partial charge in [-0.05, 0) is 44.2 Å². The molecule has 9 heteroatoms. The Morgan fingerprint density at radius 1 is 1.17 bits per heavy atom. The molecule has 1 aliphatic heterocycles. The number of benzene rings is 1. The molecular formula is C21H33ClIN7. The first-order chi connectivity index (χ1) is 14.2. The largest absolute Gasteiger partial charge is 0.369 e. The number of nitrogens with zero attached hydrogens (tertiary/aromatic N) is 5. The molecule has 0 bridgehead atoms. The molecule has 1 aromatic carbocycles. The van der Waals surface area contributed by atoms with E-state index in [-0.39, 0.29) is 24.0 Å². The molecular weight excluding hydrogens is 513 g/mol. The highest BCUT2D eigenvalue weighted by Crippen LogP contribution is 2.20. The van der Waals surface area contributed by atoms with Crippen molar-refractivity contribution >= 4 is 47.2 Å². The van der Waals surface area contributed by atoms with Gasteiger partial charge >= 0.3 is 0 Å². The summed E-state index contributed by atoms with van der Waals surface area (Å²) in [6.07, 6.45) is 2.89. The molecule has 2 heterocycles. The minimum absolute atomic E-state index is 0. The van der Waals surface area contributed by atoms with Gasteiger partial charge in [0.05, 0.1) is 12.2 Å². The first-order valence-corrected chi connectivity index (χ1v) is 10.8. The van der Waals surface area contributed by atoms with Crippen LogP contribution in [0.15, 0.2) is 41.5 Å². The zero-order valence-corrected chi connectivity index (χ0v) is 20.9. The van der Waals surface area contributed by atoms with Gasteiger partial charge in [-0.2, -0.15) is 5.10 Å². The average Bonchev–Trinajstić information content (AvgIpc) is 3.14. The van der Waals surface area contributed by atoms with Crippen molar-refractivity contribution in [2.75, 3.05) is 50.7 Å². The van der Waals surface area contributed by atoms with Crippen molar-refractivity contribution in [1.82, 2.24) is 25.3 Å². The molecule has 1 aromatic heterocycles. The number of aliphatic imine (C=N–C) groups is 1. The van der Waals surface area contributed by atoms with Crippen molar-refractivity contribution in [3.05, 3.63) is 47.2 Å². The Morgan fingerprint density at radius 3 is 2.63 bits per heavy atom. The Labute approximate surface area is 201 Å². The second kappa shape index (κ2) is 13.0. The van der Waals surface area contributed by atoms with Crippen LogP contribution >= 0.6 is 35.6 Å². The Kier molecular flexibility index (Phi) is 10.7. The van der Waals surface area contributed by atoms with Gasteiger partial charge in [-0.15, -0.1) is 24.0 Å². The summed E-state index contributed by atoms with van der Waals surface area (Å²) in [5.41, 5.74) is 2.32. The van der Waals surface area contributed by atoms with Gasteiger partial charge in [0.25, 0.3) is 0 Å². The van der Waals surface area contributed by atoms with Crippen molar-refractivity contribution in [2.45, 2.75) is 19.9 Å². The number of hydrogen-bond donors (Lipinski definition) is 2. The number of anilines is 1. The van der Waals surface area contributed by atoms with E-state index in [9.17, 15) is 0 Å². The van der Waals surface area contributed by atoms with E-state index in [1.54, 1.807) is 6.20 Å². The molecule has 0 saturated carbocycles. The van der Waals surface area contributed by atoms with Gasteiger partial charge in [-0.3, -0.25) is 9.58 Å². The summed E-state index contributed by atoms with van der Waals surface area (Å²) in [7, 11) is 1.94. The highest BCUT2D eigenvalue weighted by Gasteiger charge is 2.16. The lowest BCUT2D eigenvalue weighted by Crippen LogP contribution is -2.47. The lowest BCUT2D eigenvalue weighted by atomic mass is 10.2. The number of guanidine groups is 1. The van der Waals surface area contributed by atoms with Crippen LogP contribution < -0.4 is 15.5 Å². The number of aryl methyl sites for hydroxylation is 1. The Balaban J connectivity index is 0.00000320. The molecule has 2 aromatic rings. The fourth-order valence-corrected chi connectivity index (χ4v) is 3.65. The van der Waals surface area contributed by atoms with Gasteiger partial charge in [0.1, 0.15) is 0 Å². The van der Waals surface area contributed by atoms with Crippen molar-refractivity contribution in [1.29, 1.82) is 0 Å². The van der Waals surface area contributed by atoms with Gasteiger partial charge in [0.15, 0.2) is 5.96 Å². The van der Waals surface area contributed by atoms with Gasteiger partial charge in [-0.1, -0.05) is 17.7 Å². The highest BCUT2D eigenvalue weighted by atomic mass is 127. The number of aromatic nitrogens is 2. The topological polar surface area (TPSA) is 60.7 Å². The second-order valence-corrected chi connectivity index (χ2v) is 7.67. The zero-order chi connectivity index (χ0) is 20.5. The summed E-state index contributed by atoms with van der Waals surface area (Å²) >= 11 is 6.12. The van der Waals surface area contributed by atoms with Crippen LogP contribution in [0.25, 0.3) is 0 Å². The van der Waals surface area contributed by atoms with Crippen molar-refractivity contribution in [3.8, 4) is 0 Å². The first-order valence-electron chi connectivity index (χ1n) is 10.4. The summed E-state index contributed by atoms with van der Waals surface area (Å²) in [6, 6.07) is 10.1. The van der Waals surface area contributed by atoms with Crippen molar-refractivity contribution in [2.24, 2.45) is 12.0 Å². The summed E-state index contributed by atoms with van der Waals surface area (Å²) in [5, 5.41) is 11.7. The molecule has 3 rings (SSSR count). The Bertz CT molecular complexity index is 787. The third-order valence-corrected chi connectivity index (χ3v) is 5.39. The molecule has 2 N–H and O–H groups in total. The minimum Gasteiger partial charge on any atom is -0.369 e. The molecule has 0 amide bonds. The minimum atomic E-state index is 0. The maximum absolute atomic E-state index is 6.12. The van der Waals surface area contributed by atoms with Crippen molar-refractivity contribution in [3.63, 3.8) is 0 Å². The molecule has 1 saturated heterocycles. The van der Waals surface area contributed by atoms with E-state index < -0.39 is 0 Å². The van der Waals surface area contributed by atoms with Gasteiger partial charge in [-0.25, -0.2) is 4.99 Å². The summed E-state index contributed by atoms with van der Waals surface area (Å²) < 4.78 is 1.86. The number of piperazine rings is 1. The third-order valence-electron chi connectivity index (χ3n) is 5.16. The molecule has 30 heavy (non-hydrogen) atoms. The normalized spacial score (nSPS) is 15.0. The molecule has 0 spiro atoms. The van der Waals surface area contributed by atoms with E-state index in [4.69, 9.17) is 11.6 Å². The quantitative estimate of drug-likeness (QED) is 0.231. The number of halogens is 2. The number of nitrogens with one attached hydrogen (secondary N) is 2. The van der Waals surface area contributed by atoms with Gasteiger partial charge < -0.3 is 15.5 Å². The third kappa shape index (κ3) is 7.63. The zero-order valence-electron chi connectivity index (χ0n) is 17.9. The summed E-state index contributed by atoms with van der Waals surface area (Å²) in [5.74, 6) is 0.861.